The average Bonchev–Trinajstić information content (AvgIpc) is 3.32. The molecule has 2 saturated carbocycles. The maximum atomic E-state index is 12.0. The van der Waals surface area contributed by atoms with Gasteiger partial charge in [0.15, 0.2) is 5.58 Å². The van der Waals surface area contributed by atoms with E-state index in [2.05, 4.69) is 15.8 Å². The number of para-hydroxylation sites is 2. The number of hydrazine groups is 1. The minimum absolute atomic E-state index is 0.0993. The highest BCUT2D eigenvalue weighted by atomic mass is 32.2. The van der Waals surface area contributed by atoms with E-state index >= 15 is 0 Å². The van der Waals surface area contributed by atoms with Gasteiger partial charge in [-0.2, -0.15) is 0 Å². The highest BCUT2D eigenvalue weighted by Crippen LogP contribution is 2.49. The molecule has 2 bridgehead atoms. The Morgan fingerprint density at radius 1 is 1.16 bits per heavy atom. The molecule has 4 rings (SSSR count). The number of thioether (sulfide) groups is 1. The maximum absolute atomic E-state index is 12.0. The van der Waals surface area contributed by atoms with E-state index < -0.39 is 0 Å². The van der Waals surface area contributed by atoms with Crippen molar-refractivity contribution in [1.82, 2.24) is 15.8 Å². The number of benzene rings is 1. The van der Waals surface area contributed by atoms with Gasteiger partial charge in [0.05, 0.1) is 5.75 Å². The Morgan fingerprint density at radius 3 is 2.76 bits per heavy atom. The van der Waals surface area contributed by atoms with E-state index in [9.17, 15) is 9.59 Å². The second kappa shape index (κ2) is 7.07. The van der Waals surface area contributed by atoms with Gasteiger partial charge in [0.25, 0.3) is 5.22 Å². The number of hydrogen-bond acceptors (Lipinski definition) is 5. The summed E-state index contributed by atoms with van der Waals surface area (Å²) in [4.78, 5) is 28.2. The van der Waals surface area contributed by atoms with Crippen molar-refractivity contribution in [1.29, 1.82) is 0 Å². The SMILES string of the molecule is O=C(CSc1nc2ccccc2o1)NNC(=O)C[C@H]1C[C@H]2CC[C@@H]1C2. The second-order valence-electron chi connectivity index (χ2n) is 6.97. The van der Waals surface area contributed by atoms with E-state index in [1.807, 2.05) is 24.3 Å². The molecule has 0 unspecified atom stereocenters. The lowest BCUT2D eigenvalue weighted by molar-refractivity contribution is -0.128. The minimum atomic E-state index is -0.270. The third-order valence-electron chi connectivity index (χ3n) is 5.27. The number of carbonyl (C=O) groups is 2. The van der Waals surface area contributed by atoms with Crippen molar-refractivity contribution in [2.45, 2.75) is 37.3 Å². The summed E-state index contributed by atoms with van der Waals surface area (Å²) < 4.78 is 5.55. The van der Waals surface area contributed by atoms with Crippen LogP contribution in [0.1, 0.15) is 32.1 Å². The van der Waals surface area contributed by atoms with E-state index in [1.165, 1.54) is 37.4 Å². The van der Waals surface area contributed by atoms with Crippen LogP contribution in [0.15, 0.2) is 33.9 Å². The van der Waals surface area contributed by atoms with Crippen molar-refractivity contribution in [3.63, 3.8) is 0 Å². The van der Waals surface area contributed by atoms with Crippen molar-refractivity contribution in [2.24, 2.45) is 17.8 Å². The molecule has 2 aliphatic rings. The molecule has 2 aromatic rings. The molecule has 2 amide bonds. The van der Waals surface area contributed by atoms with E-state index in [4.69, 9.17) is 4.42 Å². The number of fused-ring (bicyclic) bond motifs is 3. The lowest BCUT2D eigenvalue weighted by Gasteiger charge is -2.20. The lowest BCUT2D eigenvalue weighted by Crippen LogP contribution is -2.43. The Morgan fingerprint density at radius 2 is 2.00 bits per heavy atom. The summed E-state index contributed by atoms with van der Waals surface area (Å²) in [6.45, 7) is 0. The number of nitrogens with one attached hydrogen (secondary N) is 2. The van der Waals surface area contributed by atoms with Crippen molar-refractivity contribution in [2.75, 3.05) is 5.75 Å². The van der Waals surface area contributed by atoms with Gasteiger partial charge in [0.1, 0.15) is 5.52 Å². The first-order chi connectivity index (χ1) is 12.2. The van der Waals surface area contributed by atoms with E-state index in [0.717, 1.165) is 11.4 Å². The fraction of sp³-hybridized carbons (Fsp3) is 0.500. The number of oxazole rings is 1. The van der Waals surface area contributed by atoms with Crippen LogP contribution >= 0.6 is 11.8 Å². The number of aromatic nitrogens is 1. The molecular weight excluding hydrogens is 338 g/mol. The number of carbonyl (C=O) groups excluding carboxylic acids is 2. The molecule has 2 fully saturated rings. The van der Waals surface area contributed by atoms with Crippen molar-refractivity contribution < 1.29 is 14.0 Å². The van der Waals surface area contributed by atoms with Gasteiger partial charge < -0.3 is 4.42 Å². The standard InChI is InChI=1S/C18H21N3O3S/c22-16(9-13-8-11-5-6-12(13)7-11)20-21-17(23)10-25-18-19-14-3-1-2-4-15(14)24-18/h1-4,11-13H,5-10H2,(H,20,22)(H,21,23)/t11-,12+,13+/m0/s1. The smallest absolute Gasteiger partial charge is 0.257 e. The molecule has 0 aliphatic heterocycles. The van der Waals surface area contributed by atoms with Gasteiger partial charge in [-0.25, -0.2) is 4.98 Å². The zero-order chi connectivity index (χ0) is 17.2. The first-order valence-electron chi connectivity index (χ1n) is 8.73. The summed E-state index contributed by atoms with van der Waals surface area (Å²) in [7, 11) is 0. The van der Waals surface area contributed by atoms with Gasteiger partial charge in [-0.05, 0) is 49.1 Å². The van der Waals surface area contributed by atoms with E-state index in [-0.39, 0.29) is 17.6 Å². The molecule has 3 atom stereocenters. The van der Waals surface area contributed by atoms with Crippen LogP contribution in [0, 0.1) is 17.8 Å². The number of amides is 2. The van der Waals surface area contributed by atoms with Crippen LogP contribution < -0.4 is 10.9 Å². The van der Waals surface area contributed by atoms with E-state index in [0.29, 0.717) is 29.1 Å². The first kappa shape index (κ1) is 16.4. The molecule has 25 heavy (non-hydrogen) atoms. The van der Waals surface area contributed by atoms with Crippen molar-refractivity contribution >= 4 is 34.7 Å². The Hall–Kier alpha value is -2.02. The van der Waals surface area contributed by atoms with Crippen LogP contribution in [0.4, 0.5) is 0 Å². The first-order valence-corrected chi connectivity index (χ1v) is 9.72. The molecule has 6 nitrogen and oxygen atoms in total. The van der Waals surface area contributed by atoms with Gasteiger partial charge in [0, 0.05) is 6.42 Å². The lowest BCUT2D eigenvalue weighted by atomic mass is 9.86. The predicted molar refractivity (Wildman–Crippen MR) is 94.6 cm³/mol. The van der Waals surface area contributed by atoms with Gasteiger partial charge in [0.2, 0.25) is 11.8 Å². The quantitative estimate of drug-likeness (QED) is 0.633. The van der Waals surface area contributed by atoms with Crippen molar-refractivity contribution in [3.8, 4) is 0 Å². The van der Waals surface area contributed by atoms with Crippen LogP contribution in [0.5, 0.6) is 0 Å². The minimum Gasteiger partial charge on any atom is -0.431 e. The summed E-state index contributed by atoms with van der Waals surface area (Å²) >= 11 is 1.21. The molecule has 7 heteroatoms. The molecule has 0 spiro atoms. The summed E-state index contributed by atoms with van der Waals surface area (Å²) in [5.41, 5.74) is 6.47. The highest BCUT2D eigenvalue weighted by molar-refractivity contribution is 7.99. The van der Waals surface area contributed by atoms with Gasteiger partial charge in [-0.3, -0.25) is 20.4 Å². The Kier molecular flexibility index (Phi) is 4.65. The summed E-state index contributed by atoms with van der Waals surface area (Å²) in [5.74, 6) is 1.80. The van der Waals surface area contributed by atoms with Crippen LogP contribution in [0.3, 0.4) is 0 Å². The molecule has 1 heterocycles. The van der Waals surface area contributed by atoms with Gasteiger partial charge in [-0.1, -0.05) is 30.3 Å². The predicted octanol–water partition coefficient (Wildman–Crippen LogP) is 2.89. The monoisotopic (exact) mass is 359 g/mol. The fourth-order valence-electron chi connectivity index (χ4n) is 4.13. The summed E-state index contributed by atoms with van der Waals surface area (Å²) in [6.07, 6.45) is 5.55. The largest absolute Gasteiger partial charge is 0.431 e. The molecule has 2 aliphatic carbocycles. The second-order valence-corrected chi connectivity index (χ2v) is 7.90. The molecule has 1 aromatic carbocycles. The Balaban J connectivity index is 1.19. The molecule has 2 N–H and O–H groups in total. The molecule has 0 saturated heterocycles. The molecule has 1 aromatic heterocycles. The normalized spacial score (nSPS) is 24.6. The summed E-state index contributed by atoms with van der Waals surface area (Å²) in [5, 5.41) is 0.449. The topological polar surface area (TPSA) is 84.2 Å². The van der Waals surface area contributed by atoms with Gasteiger partial charge in [-0.15, -0.1) is 0 Å². The van der Waals surface area contributed by atoms with Crippen LogP contribution in [0.2, 0.25) is 0 Å². The molecule has 0 radical (unpaired) electrons. The zero-order valence-electron chi connectivity index (χ0n) is 13.9. The van der Waals surface area contributed by atoms with Gasteiger partial charge >= 0.3 is 0 Å². The van der Waals surface area contributed by atoms with E-state index in [1.54, 1.807) is 0 Å². The zero-order valence-corrected chi connectivity index (χ0v) is 14.7. The summed E-state index contributed by atoms with van der Waals surface area (Å²) in [6, 6.07) is 7.46. The van der Waals surface area contributed by atoms with Crippen LogP contribution in [-0.2, 0) is 9.59 Å². The number of rotatable bonds is 5. The third kappa shape index (κ3) is 3.81. The number of nitrogens with zero attached hydrogens (tertiary/aromatic N) is 1. The Bertz CT molecular complexity index is 758. The molecular formula is C18H21N3O3S. The highest BCUT2D eigenvalue weighted by Gasteiger charge is 2.40. The maximum Gasteiger partial charge on any atom is 0.257 e. The van der Waals surface area contributed by atoms with Crippen LogP contribution in [0.25, 0.3) is 11.1 Å². The Labute approximate surface area is 150 Å². The van der Waals surface area contributed by atoms with Crippen molar-refractivity contribution in [3.05, 3.63) is 24.3 Å². The van der Waals surface area contributed by atoms with Crippen LogP contribution in [-0.4, -0.2) is 22.6 Å². The fourth-order valence-corrected chi connectivity index (χ4v) is 4.77. The third-order valence-corrected chi connectivity index (χ3v) is 6.10. The number of hydrogen-bond donors (Lipinski definition) is 2. The molecule has 132 valence electrons. The average molecular weight is 359 g/mol.